The van der Waals surface area contributed by atoms with Crippen molar-refractivity contribution in [1.29, 1.82) is 0 Å². The van der Waals surface area contributed by atoms with E-state index < -0.39 is 5.97 Å². The van der Waals surface area contributed by atoms with Gasteiger partial charge in [-0.05, 0) is 6.08 Å². The summed E-state index contributed by atoms with van der Waals surface area (Å²) in [6.45, 7) is 0. The van der Waals surface area contributed by atoms with E-state index >= 15 is 0 Å². The highest BCUT2D eigenvalue weighted by Gasteiger charge is 1.78. The Bertz CT molecular complexity index is 178. The molecule has 4 N–H and O–H groups in total. The molecular formula is C6H8BrNO2. The van der Waals surface area contributed by atoms with Crippen LogP contribution in [-0.2, 0) is 4.79 Å². The van der Waals surface area contributed by atoms with Crippen LogP contribution >= 0.6 is 15.9 Å². The highest BCUT2D eigenvalue weighted by Crippen LogP contribution is 1.74. The Morgan fingerprint density at radius 2 is 2.30 bits per heavy atom. The third kappa shape index (κ3) is 10.2. The number of aliphatic carboxylic acids is 1. The summed E-state index contributed by atoms with van der Waals surface area (Å²) in [4.78, 5) is 9.80. The molecule has 0 unspecified atom stereocenters. The van der Waals surface area contributed by atoms with Gasteiger partial charge in [0.25, 0.3) is 0 Å². The van der Waals surface area contributed by atoms with E-state index in [-0.39, 0.29) is 6.15 Å². The van der Waals surface area contributed by atoms with Gasteiger partial charge in [0.15, 0.2) is 0 Å². The van der Waals surface area contributed by atoms with Crippen LogP contribution in [0.2, 0.25) is 0 Å². The summed E-state index contributed by atoms with van der Waals surface area (Å²) in [6.07, 6.45) is 2.29. The van der Waals surface area contributed by atoms with Crippen molar-refractivity contribution in [3.05, 3.63) is 12.2 Å². The zero-order chi connectivity index (χ0) is 7.11. The van der Waals surface area contributed by atoms with Gasteiger partial charge >= 0.3 is 5.97 Å². The lowest BCUT2D eigenvalue weighted by Gasteiger charge is -1.70. The quantitative estimate of drug-likeness (QED) is 0.384. The molecule has 0 amide bonds. The fraction of sp³-hybridized carbons (Fsp3) is 0.167. The van der Waals surface area contributed by atoms with E-state index in [1.54, 1.807) is 0 Å². The molecule has 0 aromatic rings. The number of rotatable bonds is 1. The Morgan fingerprint density at radius 3 is 2.70 bits per heavy atom. The van der Waals surface area contributed by atoms with Crippen molar-refractivity contribution in [2.75, 3.05) is 5.33 Å². The van der Waals surface area contributed by atoms with Gasteiger partial charge < -0.3 is 11.3 Å². The Morgan fingerprint density at radius 1 is 1.70 bits per heavy atom. The summed E-state index contributed by atoms with van der Waals surface area (Å²) in [7, 11) is 0. The Labute approximate surface area is 67.8 Å². The van der Waals surface area contributed by atoms with E-state index in [9.17, 15) is 4.79 Å². The second-order valence-electron chi connectivity index (χ2n) is 1.13. The predicted octanol–water partition coefficient (Wildman–Crippen LogP) is 1.19. The van der Waals surface area contributed by atoms with Crippen LogP contribution in [0.25, 0.3) is 0 Å². The van der Waals surface area contributed by atoms with Gasteiger partial charge in [-0.25, -0.2) is 4.79 Å². The van der Waals surface area contributed by atoms with Crippen LogP contribution in [0.1, 0.15) is 0 Å². The minimum atomic E-state index is -0.973. The van der Waals surface area contributed by atoms with Crippen molar-refractivity contribution in [1.82, 2.24) is 6.15 Å². The van der Waals surface area contributed by atoms with E-state index in [1.165, 1.54) is 6.08 Å². The van der Waals surface area contributed by atoms with Crippen molar-refractivity contribution in [2.45, 2.75) is 0 Å². The standard InChI is InChI=1S/C6H5BrO2.H3N/c7-5-3-1-2-4-6(8)9;/h2,4H,5H2,(H,8,9);1H3. The molecule has 3 nitrogen and oxygen atoms in total. The summed E-state index contributed by atoms with van der Waals surface area (Å²) in [5, 5.41) is 8.61. The molecule has 0 aliphatic carbocycles. The first kappa shape index (κ1) is 11.9. The highest BCUT2D eigenvalue weighted by molar-refractivity contribution is 9.09. The fourth-order valence-corrected chi connectivity index (χ4v) is 0.372. The lowest BCUT2D eigenvalue weighted by molar-refractivity contribution is -0.131. The average Bonchev–Trinajstić information content (AvgIpc) is 1.80. The molecule has 0 atom stereocenters. The van der Waals surface area contributed by atoms with Crippen LogP contribution in [-0.4, -0.2) is 16.4 Å². The summed E-state index contributed by atoms with van der Waals surface area (Å²) in [5.74, 6) is 4.15. The number of halogens is 1. The fourth-order valence-electron chi connectivity index (χ4n) is 0.210. The van der Waals surface area contributed by atoms with Crippen LogP contribution < -0.4 is 6.15 Å². The molecule has 0 aromatic carbocycles. The van der Waals surface area contributed by atoms with Crippen LogP contribution in [0.5, 0.6) is 0 Å². The van der Waals surface area contributed by atoms with Crippen LogP contribution in [0.15, 0.2) is 12.2 Å². The normalized spacial score (nSPS) is 7.70. The monoisotopic (exact) mass is 205 g/mol. The molecular weight excluding hydrogens is 198 g/mol. The minimum absolute atomic E-state index is 0. The zero-order valence-corrected chi connectivity index (χ0v) is 6.89. The molecule has 4 heteroatoms. The van der Waals surface area contributed by atoms with E-state index in [4.69, 9.17) is 5.11 Å². The molecule has 0 spiro atoms. The molecule has 10 heavy (non-hydrogen) atoms. The largest absolute Gasteiger partial charge is 0.478 e. The summed E-state index contributed by atoms with van der Waals surface area (Å²) in [6, 6.07) is 0. The average molecular weight is 206 g/mol. The lowest BCUT2D eigenvalue weighted by atomic mass is 10.5. The van der Waals surface area contributed by atoms with E-state index in [0.29, 0.717) is 5.33 Å². The van der Waals surface area contributed by atoms with Gasteiger partial charge in [0.1, 0.15) is 0 Å². The van der Waals surface area contributed by atoms with Gasteiger partial charge in [0, 0.05) is 6.08 Å². The maximum atomic E-state index is 9.80. The second-order valence-corrected chi connectivity index (χ2v) is 1.69. The number of carboxylic acid groups (broad SMARTS) is 1. The molecule has 0 aliphatic rings. The van der Waals surface area contributed by atoms with Crippen molar-refractivity contribution >= 4 is 21.9 Å². The van der Waals surface area contributed by atoms with E-state index in [0.717, 1.165) is 6.08 Å². The smallest absolute Gasteiger partial charge is 0.328 e. The van der Waals surface area contributed by atoms with Crippen molar-refractivity contribution < 1.29 is 9.90 Å². The highest BCUT2D eigenvalue weighted by atomic mass is 79.9. The van der Waals surface area contributed by atoms with Gasteiger partial charge in [-0.1, -0.05) is 27.8 Å². The maximum absolute atomic E-state index is 9.80. The number of hydrogen-bond donors (Lipinski definition) is 2. The van der Waals surface area contributed by atoms with Crippen molar-refractivity contribution in [3.63, 3.8) is 0 Å². The van der Waals surface area contributed by atoms with Crippen LogP contribution in [0, 0.1) is 11.8 Å². The van der Waals surface area contributed by atoms with E-state index in [1.807, 2.05) is 0 Å². The Kier molecular flexibility index (Phi) is 9.80. The van der Waals surface area contributed by atoms with Gasteiger partial charge in [-0.2, -0.15) is 0 Å². The zero-order valence-electron chi connectivity index (χ0n) is 5.30. The van der Waals surface area contributed by atoms with Crippen LogP contribution in [0.3, 0.4) is 0 Å². The summed E-state index contributed by atoms with van der Waals surface area (Å²) >= 11 is 3.06. The van der Waals surface area contributed by atoms with Crippen molar-refractivity contribution in [3.8, 4) is 11.8 Å². The molecule has 0 radical (unpaired) electrons. The summed E-state index contributed by atoms with van der Waals surface area (Å²) in [5.41, 5.74) is 0. The first-order chi connectivity index (χ1) is 4.27. The molecule has 0 saturated heterocycles. The van der Waals surface area contributed by atoms with Crippen molar-refractivity contribution in [2.24, 2.45) is 0 Å². The molecule has 0 bridgehead atoms. The molecule has 56 valence electrons. The number of carboxylic acids is 1. The second kappa shape index (κ2) is 8.21. The number of allylic oxidation sites excluding steroid dienone is 1. The molecule has 0 aromatic heterocycles. The first-order valence-electron chi connectivity index (χ1n) is 2.21. The first-order valence-corrected chi connectivity index (χ1v) is 3.33. The Hall–Kier alpha value is -0.790. The molecule has 0 aliphatic heterocycles. The van der Waals surface area contributed by atoms with Gasteiger partial charge in [0.05, 0.1) is 5.33 Å². The summed E-state index contributed by atoms with van der Waals surface area (Å²) < 4.78 is 0. The van der Waals surface area contributed by atoms with Gasteiger partial charge in [-0.3, -0.25) is 0 Å². The third-order valence-electron chi connectivity index (χ3n) is 0.478. The lowest BCUT2D eigenvalue weighted by Crippen LogP contribution is -1.84. The maximum Gasteiger partial charge on any atom is 0.328 e. The van der Waals surface area contributed by atoms with E-state index in [2.05, 4.69) is 27.8 Å². The SMILES string of the molecule is N.O=C(O)C=CC#CCBr. The molecule has 0 rings (SSSR count). The number of hydrogen-bond acceptors (Lipinski definition) is 2. The Balaban J connectivity index is 0. The van der Waals surface area contributed by atoms with Gasteiger partial charge in [0.2, 0.25) is 0 Å². The molecule has 0 saturated carbocycles. The van der Waals surface area contributed by atoms with Gasteiger partial charge in [-0.15, -0.1) is 0 Å². The number of carbonyl (C=O) groups is 1. The number of alkyl halides is 1. The van der Waals surface area contributed by atoms with Crippen LogP contribution in [0.4, 0.5) is 0 Å². The molecule has 0 heterocycles. The predicted molar refractivity (Wildman–Crippen MR) is 43.4 cm³/mol. The topological polar surface area (TPSA) is 72.3 Å². The third-order valence-corrected chi connectivity index (χ3v) is 0.758. The molecule has 0 fully saturated rings. The minimum Gasteiger partial charge on any atom is -0.478 e.